The molecular formula is C16H25N. The molecule has 1 unspecified atom stereocenters. The lowest BCUT2D eigenvalue weighted by atomic mass is 9.50. The molecule has 4 aliphatic rings. The van der Waals surface area contributed by atoms with Crippen molar-refractivity contribution in [3.63, 3.8) is 0 Å². The molecule has 1 heteroatoms. The summed E-state index contributed by atoms with van der Waals surface area (Å²) in [5.41, 5.74) is 0. The highest BCUT2D eigenvalue weighted by Gasteiger charge is 2.49. The average Bonchev–Trinajstić information content (AvgIpc) is 2.31. The normalized spacial score (nSPS) is 44.6. The monoisotopic (exact) mass is 231 g/mol. The van der Waals surface area contributed by atoms with Gasteiger partial charge in [-0.3, -0.25) is 0 Å². The van der Waals surface area contributed by atoms with Gasteiger partial charge in [0.25, 0.3) is 0 Å². The highest BCUT2D eigenvalue weighted by molar-refractivity contribution is 5.02. The Labute approximate surface area is 106 Å². The second-order valence-electron chi connectivity index (χ2n) is 6.65. The van der Waals surface area contributed by atoms with E-state index in [1.165, 1.54) is 32.1 Å². The first kappa shape index (κ1) is 11.6. The largest absolute Gasteiger partial charge is 0.317 e. The van der Waals surface area contributed by atoms with Crippen LogP contribution >= 0.6 is 0 Å². The van der Waals surface area contributed by atoms with E-state index in [0.29, 0.717) is 6.04 Å². The maximum atomic E-state index is 5.43. The molecule has 0 aromatic carbocycles. The molecule has 0 spiro atoms. The van der Waals surface area contributed by atoms with Crippen molar-refractivity contribution in [2.75, 3.05) is 7.05 Å². The van der Waals surface area contributed by atoms with Gasteiger partial charge < -0.3 is 5.32 Å². The first-order chi connectivity index (χ1) is 8.31. The van der Waals surface area contributed by atoms with Crippen LogP contribution in [0.3, 0.4) is 0 Å². The second-order valence-corrected chi connectivity index (χ2v) is 6.65. The predicted molar refractivity (Wildman–Crippen MR) is 71.4 cm³/mol. The minimum atomic E-state index is 0.682. The van der Waals surface area contributed by atoms with Gasteiger partial charge in [0.15, 0.2) is 0 Å². The number of hydrogen-bond acceptors (Lipinski definition) is 1. The first-order valence-electron chi connectivity index (χ1n) is 7.42. The van der Waals surface area contributed by atoms with Crippen molar-refractivity contribution in [1.82, 2.24) is 5.32 Å². The summed E-state index contributed by atoms with van der Waals surface area (Å²) in [5, 5.41) is 3.57. The van der Waals surface area contributed by atoms with Gasteiger partial charge in [-0.05, 0) is 75.2 Å². The molecule has 4 aliphatic carbocycles. The van der Waals surface area contributed by atoms with E-state index in [0.717, 1.165) is 36.0 Å². The molecule has 0 aromatic heterocycles. The summed E-state index contributed by atoms with van der Waals surface area (Å²) in [6.45, 7) is 0. The van der Waals surface area contributed by atoms with Gasteiger partial charge in [-0.25, -0.2) is 0 Å². The zero-order chi connectivity index (χ0) is 11.8. The fourth-order valence-electron chi connectivity index (χ4n) is 5.39. The molecule has 4 saturated carbocycles. The highest BCUT2D eigenvalue weighted by atomic mass is 14.9. The van der Waals surface area contributed by atoms with Crippen LogP contribution < -0.4 is 5.32 Å². The third-order valence-electron chi connectivity index (χ3n) is 5.73. The molecule has 4 bridgehead atoms. The molecule has 94 valence electrons. The van der Waals surface area contributed by atoms with Crippen LogP contribution in [-0.4, -0.2) is 13.1 Å². The lowest BCUT2D eigenvalue weighted by Crippen LogP contribution is -2.52. The zero-order valence-electron chi connectivity index (χ0n) is 11.0. The Bertz CT molecular complexity index is 286. The van der Waals surface area contributed by atoms with Crippen LogP contribution in [0.4, 0.5) is 0 Å². The number of terminal acetylenes is 1. The Morgan fingerprint density at radius 3 is 2.18 bits per heavy atom. The average molecular weight is 231 g/mol. The Balaban J connectivity index is 1.72. The van der Waals surface area contributed by atoms with Crippen molar-refractivity contribution in [3.05, 3.63) is 0 Å². The van der Waals surface area contributed by atoms with Crippen LogP contribution in [0.2, 0.25) is 0 Å². The molecule has 0 heterocycles. The van der Waals surface area contributed by atoms with Crippen LogP contribution in [0.5, 0.6) is 0 Å². The Morgan fingerprint density at radius 2 is 1.71 bits per heavy atom. The molecule has 0 amide bonds. The molecule has 0 aliphatic heterocycles. The Morgan fingerprint density at radius 1 is 1.12 bits per heavy atom. The van der Waals surface area contributed by atoms with Crippen molar-refractivity contribution < 1.29 is 0 Å². The van der Waals surface area contributed by atoms with Gasteiger partial charge in [0.2, 0.25) is 0 Å². The molecule has 0 saturated heterocycles. The van der Waals surface area contributed by atoms with E-state index in [9.17, 15) is 0 Å². The van der Waals surface area contributed by atoms with Gasteiger partial charge in [0.05, 0.1) is 0 Å². The Kier molecular flexibility index (Phi) is 3.17. The van der Waals surface area contributed by atoms with E-state index in [4.69, 9.17) is 6.42 Å². The first-order valence-corrected chi connectivity index (χ1v) is 7.42. The van der Waals surface area contributed by atoms with Gasteiger partial charge in [0, 0.05) is 12.5 Å². The summed E-state index contributed by atoms with van der Waals surface area (Å²) >= 11 is 0. The summed E-state index contributed by atoms with van der Waals surface area (Å²) in [5.74, 6) is 7.94. The molecule has 0 radical (unpaired) electrons. The van der Waals surface area contributed by atoms with E-state index in [1.807, 2.05) is 0 Å². The van der Waals surface area contributed by atoms with Crippen molar-refractivity contribution in [2.45, 2.75) is 51.0 Å². The minimum absolute atomic E-state index is 0.682. The minimum Gasteiger partial charge on any atom is -0.317 e. The topological polar surface area (TPSA) is 12.0 Å². The molecule has 4 rings (SSSR count). The summed E-state index contributed by atoms with van der Waals surface area (Å²) in [4.78, 5) is 0. The molecular weight excluding hydrogens is 206 g/mol. The lowest BCUT2D eigenvalue weighted by molar-refractivity contribution is -0.0517. The number of nitrogens with one attached hydrogen (secondary N) is 1. The smallest absolute Gasteiger partial charge is 0.0107 e. The van der Waals surface area contributed by atoms with E-state index < -0.39 is 0 Å². The molecule has 0 aromatic rings. The maximum Gasteiger partial charge on any atom is 0.0107 e. The standard InChI is InChI=1S/C16H25N/c1-3-4-5-15(17-2)16-13-7-11-6-12(9-13)10-14(16)8-11/h1,11-17H,4-10H2,2H3. The summed E-state index contributed by atoms with van der Waals surface area (Å²) < 4.78 is 0. The quantitative estimate of drug-likeness (QED) is 0.733. The van der Waals surface area contributed by atoms with E-state index in [-0.39, 0.29) is 0 Å². The fraction of sp³-hybridized carbons (Fsp3) is 0.875. The Hall–Kier alpha value is -0.480. The molecule has 1 N–H and O–H groups in total. The highest BCUT2D eigenvalue weighted by Crippen LogP contribution is 2.57. The van der Waals surface area contributed by atoms with Crippen LogP contribution in [0, 0.1) is 41.9 Å². The fourth-order valence-corrected chi connectivity index (χ4v) is 5.39. The predicted octanol–water partition coefficient (Wildman–Crippen LogP) is 3.06. The van der Waals surface area contributed by atoms with Crippen LogP contribution in [0.1, 0.15) is 44.9 Å². The third-order valence-corrected chi connectivity index (χ3v) is 5.73. The van der Waals surface area contributed by atoms with Gasteiger partial charge in [-0.1, -0.05) is 0 Å². The maximum absolute atomic E-state index is 5.43. The molecule has 17 heavy (non-hydrogen) atoms. The molecule has 1 atom stereocenters. The molecule has 1 nitrogen and oxygen atoms in total. The van der Waals surface area contributed by atoms with Gasteiger partial charge in [-0.15, -0.1) is 12.3 Å². The van der Waals surface area contributed by atoms with E-state index in [2.05, 4.69) is 18.3 Å². The number of hydrogen-bond donors (Lipinski definition) is 1. The zero-order valence-corrected chi connectivity index (χ0v) is 11.0. The third kappa shape index (κ3) is 2.02. The van der Waals surface area contributed by atoms with Gasteiger partial charge in [-0.2, -0.15) is 0 Å². The van der Waals surface area contributed by atoms with E-state index in [1.54, 1.807) is 6.42 Å². The van der Waals surface area contributed by atoms with Crippen LogP contribution in [0.25, 0.3) is 0 Å². The van der Waals surface area contributed by atoms with Crippen molar-refractivity contribution in [2.24, 2.45) is 29.6 Å². The van der Waals surface area contributed by atoms with Crippen molar-refractivity contribution >= 4 is 0 Å². The summed E-state index contributed by atoms with van der Waals surface area (Å²) in [7, 11) is 2.13. The van der Waals surface area contributed by atoms with Crippen molar-refractivity contribution in [3.8, 4) is 12.3 Å². The summed E-state index contributed by atoms with van der Waals surface area (Å²) in [6, 6.07) is 0.682. The lowest BCUT2D eigenvalue weighted by Gasteiger charge is -2.56. The SMILES string of the molecule is C#CCCC(NC)C1C2CC3CC(C2)CC1C3. The van der Waals surface area contributed by atoms with Gasteiger partial charge in [0.1, 0.15) is 0 Å². The number of rotatable bonds is 4. The van der Waals surface area contributed by atoms with Crippen LogP contribution in [-0.2, 0) is 0 Å². The second kappa shape index (κ2) is 4.65. The van der Waals surface area contributed by atoms with E-state index >= 15 is 0 Å². The van der Waals surface area contributed by atoms with Crippen LogP contribution in [0.15, 0.2) is 0 Å². The summed E-state index contributed by atoms with van der Waals surface area (Å²) in [6.07, 6.45) is 15.2. The van der Waals surface area contributed by atoms with Gasteiger partial charge >= 0.3 is 0 Å². The van der Waals surface area contributed by atoms with Crippen molar-refractivity contribution in [1.29, 1.82) is 0 Å². The molecule has 4 fully saturated rings.